The van der Waals surface area contributed by atoms with Crippen LogP contribution >= 0.6 is 0 Å². The Labute approximate surface area is 152 Å². The maximum Gasteiger partial charge on any atom is 0.319 e. The van der Waals surface area contributed by atoms with E-state index in [1.807, 2.05) is 38.1 Å². The molecule has 0 bridgehead atoms. The van der Waals surface area contributed by atoms with Crippen molar-refractivity contribution in [3.05, 3.63) is 59.7 Å². The van der Waals surface area contributed by atoms with Crippen LogP contribution in [0.2, 0.25) is 0 Å². The molecule has 1 atom stereocenters. The van der Waals surface area contributed by atoms with Gasteiger partial charge in [0.1, 0.15) is 11.9 Å². The lowest BCUT2D eigenvalue weighted by atomic mass is 10.1. The van der Waals surface area contributed by atoms with Crippen molar-refractivity contribution in [2.75, 3.05) is 11.9 Å². The maximum absolute atomic E-state index is 12.6. The molecule has 6 nitrogen and oxygen atoms in total. The van der Waals surface area contributed by atoms with Crippen LogP contribution in [0.3, 0.4) is 0 Å². The first-order chi connectivity index (χ1) is 12.5. The molecule has 0 saturated heterocycles. The fourth-order valence-corrected chi connectivity index (χ4v) is 2.88. The van der Waals surface area contributed by atoms with Gasteiger partial charge in [0.15, 0.2) is 0 Å². The molecule has 3 N–H and O–H groups in total. The highest BCUT2D eigenvalue weighted by molar-refractivity contribution is 6.03. The van der Waals surface area contributed by atoms with Crippen molar-refractivity contribution in [2.45, 2.75) is 32.4 Å². The van der Waals surface area contributed by atoms with E-state index in [1.54, 1.807) is 24.3 Å². The molecule has 0 fully saturated rings. The fourth-order valence-electron chi connectivity index (χ4n) is 2.88. The number of carbonyl (C=O) groups excluding carboxylic acids is 2. The van der Waals surface area contributed by atoms with Gasteiger partial charge < -0.3 is 20.7 Å². The molecule has 6 heteroatoms. The van der Waals surface area contributed by atoms with Gasteiger partial charge in [-0.15, -0.1) is 0 Å². The van der Waals surface area contributed by atoms with Gasteiger partial charge in [-0.2, -0.15) is 0 Å². The second-order valence-electron chi connectivity index (χ2n) is 6.56. The van der Waals surface area contributed by atoms with Crippen LogP contribution in [-0.2, 0) is 6.42 Å². The molecule has 1 aliphatic heterocycles. The number of ether oxygens (including phenoxy) is 1. The number of fused-ring (bicyclic) bond motifs is 1. The van der Waals surface area contributed by atoms with Crippen LogP contribution in [-0.4, -0.2) is 30.6 Å². The molecule has 0 saturated carbocycles. The lowest BCUT2D eigenvalue weighted by Crippen LogP contribution is -2.36. The minimum absolute atomic E-state index is 0.0112. The molecule has 0 aromatic heterocycles. The summed E-state index contributed by atoms with van der Waals surface area (Å²) in [5, 5.41) is 8.36. The van der Waals surface area contributed by atoms with Gasteiger partial charge in [-0.1, -0.05) is 30.3 Å². The van der Waals surface area contributed by atoms with Crippen LogP contribution in [0.4, 0.5) is 10.5 Å². The Hall–Kier alpha value is -3.02. The van der Waals surface area contributed by atoms with Crippen LogP contribution in [0, 0.1) is 0 Å². The van der Waals surface area contributed by atoms with Gasteiger partial charge >= 0.3 is 6.03 Å². The normalized spacial score (nSPS) is 15.1. The number of carbonyl (C=O) groups is 2. The summed E-state index contributed by atoms with van der Waals surface area (Å²) in [4.78, 5) is 24.5. The number of rotatable bonds is 5. The number of urea groups is 1. The molecule has 26 heavy (non-hydrogen) atoms. The molecular formula is C20H23N3O3. The van der Waals surface area contributed by atoms with Gasteiger partial charge in [0, 0.05) is 12.5 Å². The molecule has 2 aromatic rings. The topological polar surface area (TPSA) is 79.5 Å². The van der Waals surface area contributed by atoms with Gasteiger partial charge in [-0.3, -0.25) is 4.79 Å². The highest BCUT2D eigenvalue weighted by Gasteiger charge is 2.23. The average molecular weight is 353 g/mol. The molecule has 1 aliphatic rings. The summed E-state index contributed by atoms with van der Waals surface area (Å²) in [5.41, 5.74) is 2.04. The fraction of sp³-hybridized carbons (Fsp3) is 0.300. The van der Waals surface area contributed by atoms with E-state index in [1.165, 1.54) is 0 Å². The smallest absolute Gasteiger partial charge is 0.319 e. The Balaban J connectivity index is 1.59. The molecule has 1 heterocycles. The molecule has 0 spiro atoms. The van der Waals surface area contributed by atoms with Gasteiger partial charge in [-0.25, -0.2) is 4.79 Å². The summed E-state index contributed by atoms with van der Waals surface area (Å²) >= 11 is 0. The first kappa shape index (κ1) is 17.8. The third kappa shape index (κ3) is 4.33. The van der Waals surface area contributed by atoms with Gasteiger partial charge in [0.2, 0.25) is 0 Å². The molecular weight excluding hydrogens is 330 g/mol. The van der Waals surface area contributed by atoms with Crippen molar-refractivity contribution < 1.29 is 14.3 Å². The van der Waals surface area contributed by atoms with E-state index in [9.17, 15) is 9.59 Å². The van der Waals surface area contributed by atoms with E-state index in [0.717, 1.165) is 17.7 Å². The standard InChI is InChI=1S/C20H23N3O3/c1-13(2)22-20(25)23-17-9-5-4-8-16(17)19(24)21-12-15-11-14-7-3-6-10-18(14)26-15/h3-10,13,15H,11-12H2,1-2H3,(H,21,24)(H2,22,23,25). The van der Waals surface area contributed by atoms with Gasteiger partial charge in [0.05, 0.1) is 17.8 Å². The average Bonchev–Trinajstić information content (AvgIpc) is 3.02. The minimum Gasteiger partial charge on any atom is -0.488 e. The Bertz CT molecular complexity index is 779. The number of amides is 3. The first-order valence-corrected chi connectivity index (χ1v) is 8.72. The molecule has 0 radical (unpaired) electrons. The van der Waals surface area contributed by atoms with Crippen LogP contribution in [0.25, 0.3) is 0 Å². The highest BCUT2D eigenvalue weighted by atomic mass is 16.5. The van der Waals surface area contributed by atoms with Crippen LogP contribution in [0.5, 0.6) is 5.75 Å². The van der Waals surface area contributed by atoms with Crippen molar-refractivity contribution in [3.63, 3.8) is 0 Å². The summed E-state index contributed by atoms with van der Waals surface area (Å²) in [6.45, 7) is 4.15. The summed E-state index contributed by atoms with van der Waals surface area (Å²) in [7, 11) is 0. The number of hydrogen-bond acceptors (Lipinski definition) is 3. The SMILES string of the molecule is CC(C)NC(=O)Nc1ccccc1C(=O)NCC1Cc2ccccc2O1. The van der Waals surface area contributed by atoms with Crippen molar-refractivity contribution in [1.29, 1.82) is 0 Å². The monoisotopic (exact) mass is 353 g/mol. The predicted molar refractivity (Wildman–Crippen MR) is 101 cm³/mol. The third-order valence-corrected chi connectivity index (χ3v) is 4.04. The molecule has 3 amide bonds. The minimum atomic E-state index is -0.338. The van der Waals surface area contributed by atoms with E-state index in [4.69, 9.17) is 4.74 Å². The first-order valence-electron chi connectivity index (χ1n) is 8.72. The largest absolute Gasteiger partial charge is 0.488 e. The van der Waals surface area contributed by atoms with E-state index in [2.05, 4.69) is 16.0 Å². The van der Waals surface area contributed by atoms with E-state index >= 15 is 0 Å². The van der Waals surface area contributed by atoms with Crippen LogP contribution < -0.4 is 20.7 Å². The van der Waals surface area contributed by atoms with Crippen molar-refractivity contribution in [2.24, 2.45) is 0 Å². The van der Waals surface area contributed by atoms with E-state index in [-0.39, 0.29) is 24.1 Å². The zero-order valence-electron chi connectivity index (χ0n) is 14.9. The second kappa shape index (κ2) is 7.91. The maximum atomic E-state index is 12.6. The zero-order chi connectivity index (χ0) is 18.5. The second-order valence-corrected chi connectivity index (χ2v) is 6.56. The quantitative estimate of drug-likeness (QED) is 0.773. The lowest BCUT2D eigenvalue weighted by molar-refractivity contribution is 0.0934. The van der Waals surface area contributed by atoms with Crippen molar-refractivity contribution in [1.82, 2.24) is 10.6 Å². The number of anilines is 1. The van der Waals surface area contributed by atoms with Crippen molar-refractivity contribution >= 4 is 17.6 Å². The van der Waals surface area contributed by atoms with Crippen molar-refractivity contribution in [3.8, 4) is 5.75 Å². The molecule has 3 rings (SSSR count). The van der Waals surface area contributed by atoms with E-state index in [0.29, 0.717) is 17.8 Å². The van der Waals surface area contributed by atoms with Gasteiger partial charge in [0.25, 0.3) is 5.91 Å². The third-order valence-electron chi connectivity index (χ3n) is 4.04. The molecule has 136 valence electrons. The summed E-state index contributed by atoms with van der Waals surface area (Å²) in [5.74, 6) is 0.629. The summed E-state index contributed by atoms with van der Waals surface area (Å²) in [6, 6.07) is 14.5. The molecule has 1 unspecified atom stereocenters. The predicted octanol–water partition coefficient (Wildman–Crippen LogP) is 2.95. The molecule has 2 aromatic carbocycles. The van der Waals surface area contributed by atoms with Gasteiger partial charge in [-0.05, 0) is 37.6 Å². The van der Waals surface area contributed by atoms with Crippen LogP contribution in [0.15, 0.2) is 48.5 Å². The number of benzene rings is 2. The molecule has 0 aliphatic carbocycles. The zero-order valence-corrected chi connectivity index (χ0v) is 14.9. The van der Waals surface area contributed by atoms with E-state index < -0.39 is 0 Å². The highest BCUT2D eigenvalue weighted by Crippen LogP contribution is 2.27. The number of nitrogens with one attached hydrogen (secondary N) is 3. The number of para-hydroxylation sites is 2. The van der Waals surface area contributed by atoms with Crippen LogP contribution in [0.1, 0.15) is 29.8 Å². The summed E-state index contributed by atoms with van der Waals surface area (Å²) in [6.07, 6.45) is 0.688. The number of hydrogen-bond donors (Lipinski definition) is 3. The summed E-state index contributed by atoms with van der Waals surface area (Å²) < 4.78 is 5.84. The lowest BCUT2D eigenvalue weighted by Gasteiger charge is -2.15. The Kier molecular flexibility index (Phi) is 5.41. The Morgan fingerprint density at radius 2 is 1.85 bits per heavy atom. The Morgan fingerprint density at radius 3 is 2.62 bits per heavy atom. The Morgan fingerprint density at radius 1 is 1.12 bits per heavy atom.